The van der Waals surface area contributed by atoms with Gasteiger partial charge in [-0.3, -0.25) is 43.2 Å². The van der Waals surface area contributed by atoms with Gasteiger partial charge in [0, 0.05) is 54.8 Å². The van der Waals surface area contributed by atoms with E-state index in [1.54, 1.807) is 12.3 Å². The molecule has 5 rings (SSSR count). The number of nitrogens with zero attached hydrogens (tertiary/aromatic N) is 2. The highest BCUT2D eigenvalue weighted by atomic mass is 16.2. The molecule has 0 unspecified atom stereocenters. The van der Waals surface area contributed by atoms with E-state index in [1.807, 2.05) is 18.2 Å². The van der Waals surface area contributed by atoms with E-state index >= 15 is 0 Å². The van der Waals surface area contributed by atoms with Crippen LogP contribution < -0.4 is 43.0 Å². The summed E-state index contributed by atoms with van der Waals surface area (Å²) in [6.45, 7) is -2.20. The number of nitrogens with one attached hydrogen (secondary N) is 9. The fraction of sp³-hybridized carbons (Fsp3) is 0.429. The van der Waals surface area contributed by atoms with E-state index in [0.717, 1.165) is 10.9 Å². The number of H-pyrrole nitrogens is 2. The second kappa shape index (κ2) is 19.0. The number of nitrogens with two attached hydrogens (primary N) is 1. The fourth-order valence-electron chi connectivity index (χ4n) is 6.42. The number of para-hydroxylation sites is 1. The van der Waals surface area contributed by atoms with Crippen molar-refractivity contribution in [1.82, 2.24) is 57.1 Å². The number of fused-ring (bicyclic) bond motifs is 2. The molecule has 21 nitrogen and oxygen atoms in total. The quantitative estimate of drug-likeness (QED) is 0.111. The molecular formula is C35H44N12O9. The summed E-state index contributed by atoms with van der Waals surface area (Å²) in [6, 6.07) is 2.44. The van der Waals surface area contributed by atoms with Gasteiger partial charge in [-0.1, -0.05) is 18.2 Å². The Labute approximate surface area is 319 Å². The number of imidazole rings is 1. The van der Waals surface area contributed by atoms with Crippen LogP contribution >= 0.6 is 0 Å². The molecule has 3 aromatic rings. The van der Waals surface area contributed by atoms with Crippen LogP contribution in [0.1, 0.15) is 36.9 Å². The molecule has 4 atom stereocenters. The number of hydrogen-bond acceptors (Lipinski definition) is 10. The molecule has 2 aliphatic heterocycles. The van der Waals surface area contributed by atoms with Crippen LogP contribution in [0.2, 0.25) is 0 Å². The lowest BCUT2D eigenvalue weighted by molar-refractivity contribution is -0.142. The van der Waals surface area contributed by atoms with Crippen LogP contribution in [0.15, 0.2) is 43.0 Å². The molecule has 0 aliphatic carbocycles. The molecule has 11 N–H and O–H groups in total. The molecule has 1 aromatic carbocycles. The number of rotatable bonds is 7. The third-order valence-electron chi connectivity index (χ3n) is 9.25. The molecule has 2 fully saturated rings. The number of carbonyl (C=O) groups excluding carboxylic acids is 9. The monoisotopic (exact) mass is 776 g/mol. The van der Waals surface area contributed by atoms with Gasteiger partial charge < -0.3 is 57.8 Å². The van der Waals surface area contributed by atoms with Gasteiger partial charge >= 0.3 is 0 Å². The Hall–Kier alpha value is -6.80. The van der Waals surface area contributed by atoms with Crippen molar-refractivity contribution in [3.63, 3.8) is 0 Å². The smallest absolute Gasteiger partial charge is 0.245 e. The molecule has 0 radical (unpaired) electrons. The van der Waals surface area contributed by atoms with E-state index in [9.17, 15) is 43.2 Å². The highest BCUT2D eigenvalue weighted by Gasteiger charge is 2.39. The number of aromatic amines is 2. The third-order valence-corrected chi connectivity index (χ3v) is 9.25. The summed E-state index contributed by atoms with van der Waals surface area (Å²) in [6.07, 6.45) is 4.55. The SMILES string of the molecule is NC(=O)CC[C@@H]1NC(=O)CNC(=O)[C@H](Cc2c[nH]c3ccccc23)NC(=O)CNC(=O)CNC(=O)CNC(=O)[C@H](Cc2cnc[nH]2)NC(=O)[C@@H]2CCCN2C1=O. The number of carbonyl (C=O) groups is 9. The molecular weight excluding hydrogens is 732 g/mol. The molecule has 0 spiro atoms. The number of benzene rings is 1. The number of hydrogen-bond donors (Lipinski definition) is 10. The molecule has 21 heteroatoms. The first-order valence-corrected chi connectivity index (χ1v) is 18.0. The summed E-state index contributed by atoms with van der Waals surface area (Å²) in [5.41, 5.74) is 7.29. The predicted octanol–water partition coefficient (Wildman–Crippen LogP) is -4.13. The van der Waals surface area contributed by atoms with E-state index < -0.39 is 104 Å². The van der Waals surface area contributed by atoms with Crippen LogP contribution in [0.25, 0.3) is 10.9 Å². The summed E-state index contributed by atoms with van der Waals surface area (Å²) in [5, 5.41) is 18.1. The standard InChI is InChI=1S/C35H44N12O9/c36-27(48)8-7-23-35(56)47-9-3-6-26(47)34(55)46-25(11-20-13-37-18-43-20)33(54)41-15-29(50)39-14-28(49)40-16-30(51)45-24(32(53)42-17-31(52)44-23)10-19-12-38-22-5-2-1-4-21(19)22/h1-2,4-5,12-13,18,23-26,38H,3,6-11,14-17H2,(H2,36,48)(H,37,43)(H,39,50)(H,40,49)(H,41,54)(H,42,53)(H,44,52)(H,45,51)(H,46,55)/t23-,24-,25-,26-/m0/s1. The van der Waals surface area contributed by atoms with Crippen molar-refractivity contribution in [3.8, 4) is 0 Å². The van der Waals surface area contributed by atoms with Crippen molar-refractivity contribution in [1.29, 1.82) is 0 Å². The average Bonchev–Trinajstić information content (AvgIpc) is 3.97. The molecule has 0 saturated carbocycles. The zero-order valence-electron chi connectivity index (χ0n) is 30.3. The topological polar surface area (TPSA) is 312 Å². The summed E-state index contributed by atoms with van der Waals surface area (Å²) in [4.78, 5) is 128. The zero-order chi connectivity index (χ0) is 40.2. The fourth-order valence-corrected chi connectivity index (χ4v) is 6.42. The van der Waals surface area contributed by atoms with Crippen molar-refractivity contribution in [2.24, 2.45) is 5.73 Å². The lowest BCUT2D eigenvalue weighted by Gasteiger charge is -2.30. The van der Waals surface area contributed by atoms with Gasteiger partial charge in [0.1, 0.15) is 24.2 Å². The number of aromatic nitrogens is 3. The second-order valence-electron chi connectivity index (χ2n) is 13.3. The molecule has 9 amide bonds. The highest BCUT2D eigenvalue weighted by molar-refractivity contribution is 5.97. The first-order valence-electron chi connectivity index (χ1n) is 18.0. The van der Waals surface area contributed by atoms with Gasteiger partial charge in [0.2, 0.25) is 53.2 Å². The minimum Gasteiger partial charge on any atom is -0.370 e. The second-order valence-corrected chi connectivity index (χ2v) is 13.3. The van der Waals surface area contributed by atoms with Gasteiger partial charge in [0.15, 0.2) is 0 Å². The highest BCUT2D eigenvalue weighted by Crippen LogP contribution is 2.21. The van der Waals surface area contributed by atoms with Crippen LogP contribution in [0.5, 0.6) is 0 Å². The van der Waals surface area contributed by atoms with Gasteiger partial charge in [-0.15, -0.1) is 0 Å². The average molecular weight is 777 g/mol. The largest absolute Gasteiger partial charge is 0.370 e. The predicted molar refractivity (Wildman–Crippen MR) is 195 cm³/mol. The Kier molecular flexibility index (Phi) is 13.7. The van der Waals surface area contributed by atoms with Crippen molar-refractivity contribution < 1.29 is 43.2 Å². The normalized spacial score (nSPS) is 22.8. The zero-order valence-corrected chi connectivity index (χ0v) is 30.3. The minimum atomic E-state index is -1.32. The van der Waals surface area contributed by atoms with Crippen LogP contribution in [-0.4, -0.2) is 130 Å². The Bertz CT molecular complexity index is 1960. The van der Waals surface area contributed by atoms with Crippen LogP contribution in [0.3, 0.4) is 0 Å². The Balaban J connectivity index is 1.37. The van der Waals surface area contributed by atoms with E-state index in [0.29, 0.717) is 17.7 Å². The van der Waals surface area contributed by atoms with Crippen LogP contribution in [0, 0.1) is 0 Å². The van der Waals surface area contributed by atoms with Gasteiger partial charge in [0.25, 0.3) is 0 Å². The van der Waals surface area contributed by atoms with E-state index in [2.05, 4.69) is 52.2 Å². The molecule has 56 heavy (non-hydrogen) atoms. The summed E-state index contributed by atoms with van der Waals surface area (Å²) in [5.74, 6) is -6.65. The van der Waals surface area contributed by atoms with Crippen LogP contribution in [0.4, 0.5) is 0 Å². The summed E-state index contributed by atoms with van der Waals surface area (Å²) >= 11 is 0. The van der Waals surface area contributed by atoms with Crippen molar-refractivity contribution in [3.05, 3.63) is 54.2 Å². The Morgan fingerprint density at radius 1 is 0.732 bits per heavy atom. The van der Waals surface area contributed by atoms with E-state index in [-0.39, 0.29) is 38.6 Å². The van der Waals surface area contributed by atoms with Gasteiger partial charge in [-0.25, -0.2) is 4.98 Å². The molecule has 2 aliphatic rings. The van der Waals surface area contributed by atoms with Gasteiger partial charge in [-0.2, -0.15) is 0 Å². The van der Waals surface area contributed by atoms with Gasteiger partial charge in [-0.05, 0) is 30.9 Å². The lowest BCUT2D eigenvalue weighted by Crippen LogP contribution is -2.58. The lowest BCUT2D eigenvalue weighted by atomic mass is 10.0. The third kappa shape index (κ3) is 11.1. The molecule has 298 valence electrons. The van der Waals surface area contributed by atoms with Crippen molar-refractivity contribution in [2.75, 3.05) is 32.7 Å². The van der Waals surface area contributed by atoms with E-state index in [1.165, 1.54) is 17.4 Å². The molecule has 2 saturated heterocycles. The Morgan fingerprint density at radius 3 is 2.04 bits per heavy atom. The first-order chi connectivity index (χ1) is 26.9. The maximum absolute atomic E-state index is 13.9. The van der Waals surface area contributed by atoms with Crippen molar-refractivity contribution in [2.45, 2.75) is 62.7 Å². The van der Waals surface area contributed by atoms with E-state index in [4.69, 9.17) is 5.73 Å². The molecule has 4 heterocycles. The summed E-state index contributed by atoms with van der Waals surface area (Å²) in [7, 11) is 0. The van der Waals surface area contributed by atoms with Crippen LogP contribution in [-0.2, 0) is 56.0 Å². The van der Waals surface area contributed by atoms with Crippen molar-refractivity contribution >= 4 is 64.1 Å². The Morgan fingerprint density at radius 2 is 1.36 bits per heavy atom. The number of amides is 9. The molecule has 0 bridgehead atoms. The number of primary amides is 1. The maximum Gasteiger partial charge on any atom is 0.245 e. The minimum absolute atomic E-state index is 0.0141. The van der Waals surface area contributed by atoms with Gasteiger partial charge in [0.05, 0.1) is 32.5 Å². The first kappa shape index (κ1) is 40.4. The summed E-state index contributed by atoms with van der Waals surface area (Å²) < 4.78 is 0. The molecule has 2 aromatic heterocycles. The maximum atomic E-state index is 13.9.